The van der Waals surface area contributed by atoms with Gasteiger partial charge in [-0.2, -0.15) is 0 Å². The first-order valence-corrected chi connectivity index (χ1v) is 8.34. The van der Waals surface area contributed by atoms with Crippen LogP contribution in [0.3, 0.4) is 0 Å². The molecule has 0 saturated carbocycles. The summed E-state index contributed by atoms with van der Waals surface area (Å²) in [6, 6.07) is 5.34. The summed E-state index contributed by atoms with van der Waals surface area (Å²) in [7, 11) is 0. The van der Waals surface area contributed by atoms with E-state index in [1.165, 1.54) is 5.69 Å². The van der Waals surface area contributed by atoms with Gasteiger partial charge in [-0.1, -0.05) is 13.8 Å². The van der Waals surface area contributed by atoms with Gasteiger partial charge < -0.3 is 10.2 Å². The zero-order valence-corrected chi connectivity index (χ0v) is 14.0. The van der Waals surface area contributed by atoms with Gasteiger partial charge in [-0.15, -0.1) is 0 Å². The van der Waals surface area contributed by atoms with E-state index in [0.717, 1.165) is 44.8 Å². The molecule has 4 nitrogen and oxygen atoms in total. The molecule has 1 fully saturated rings. The van der Waals surface area contributed by atoms with Gasteiger partial charge in [0.05, 0.1) is 17.6 Å². The van der Waals surface area contributed by atoms with Gasteiger partial charge in [0.25, 0.3) is 0 Å². The van der Waals surface area contributed by atoms with Crippen LogP contribution in [0.4, 0.5) is 5.69 Å². The van der Waals surface area contributed by atoms with Crippen LogP contribution in [0.1, 0.15) is 45.9 Å². The fourth-order valence-corrected chi connectivity index (χ4v) is 3.01. The Balaban J connectivity index is 1.96. The minimum atomic E-state index is 0.329. The van der Waals surface area contributed by atoms with Crippen LogP contribution in [0.2, 0.25) is 0 Å². The van der Waals surface area contributed by atoms with Crippen LogP contribution in [-0.2, 0) is 0 Å². The Bertz CT molecular complexity index is 417. The van der Waals surface area contributed by atoms with Crippen molar-refractivity contribution in [3.8, 4) is 0 Å². The molecule has 2 unspecified atom stereocenters. The average molecular weight is 290 g/mol. The van der Waals surface area contributed by atoms with Crippen LogP contribution in [0.15, 0.2) is 18.3 Å². The van der Waals surface area contributed by atoms with Gasteiger partial charge in [-0.3, -0.25) is 9.88 Å². The van der Waals surface area contributed by atoms with Crippen molar-refractivity contribution in [2.45, 2.75) is 46.2 Å². The second kappa shape index (κ2) is 7.76. The van der Waals surface area contributed by atoms with Crippen molar-refractivity contribution in [2.75, 3.05) is 37.6 Å². The lowest BCUT2D eigenvalue weighted by atomic mass is 10.1. The highest BCUT2D eigenvalue weighted by atomic mass is 15.3. The van der Waals surface area contributed by atoms with Crippen molar-refractivity contribution in [1.82, 2.24) is 15.2 Å². The summed E-state index contributed by atoms with van der Waals surface area (Å²) in [5, 5.41) is 3.49. The number of likely N-dealkylation sites (N-methyl/N-ethyl adjacent to an activating group) is 1. The molecule has 1 aromatic heterocycles. The molecule has 1 aromatic rings. The molecule has 2 rings (SSSR count). The van der Waals surface area contributed by atoms with E-state index >= 15 is 0 Å². The predicted octanol–water partition coefficient (Wildman–Crippen LogP) is 2.67. The second-order valence-electron chi connectivity index (χ2n) is 6.04. The Morgan fingerprint density at radius 2 is 2.14 bits per heavy atom. The summed E-state index contributed by atoms with van der Waals surface area (Å²) < 4.78 is 0. The van der Waals surface area contributed by atoms with Gasteiger partial charge in [-0.05, 0) is 45.5 Å². The highest BCUT2D eigenvalue weighted by Crippen LogP contribution is 2.20. The zero-order chi connectivity index (χ0) is 15.2. The minimum absolute atomic E-state index is 0.329. The molecule has 0 amide bonds. The number of hydrogen-bond acceptors (Lipinski definition) is 4. The van der Waals surface area contributed by atoms with Gasteiger partial charge in [-0.25, -0.2) is 0 Å². The molecule has 0 spiro atoms. The Labute approximate surface area is 129 Å². The van der Waals surface area contributed by atoms with Gasteiger partial charge in [0, 0.05) is 31.7 Å². The Morgan fingerprint density at radius 3 is 2.71 bits per heavy atom. The monoisotopic (exact) mass is 290 g/mol. The van der Waals surface area contributed by atoms with E-state index in [4.69, 9.17) is 0 Å². The van der Waals surface area contributed by atoms with Gasteiger partial charge >= 0.3 is 0 Å². The van der Waals surface area contributed by atoms with Gasteiger partial charge in [0.2, 0.25) is 0 Å². The van der Waals surface area contributed by atoms with Crippen LogP contribution in [0, 0.1) is 0 Å². The van der Waals surface area contributed by atoms with Crippen molar-refractivity contribution in [2.24, 2.45) is 0 Å². The molecule has 2 atom stereocenters. The normalized spacial score (nSPS) is 21.5. The molecule has 0 radical (unpaired) electrons. The first-order chi connectivity index (χ1) is 10.2. The highest BCUT2D eigenvalue weighted by Gasteiger charge is 2.22. The van der Waals surface area contributed by atoms with Crippen molar-refractivity contribution < 1.29 is 0 Å². The number of piperazine rings is 1. The summed E-state index contributed by atoms with van der Waals surface area (Å²) >= 11 is 0. The number of rotatable bonds is 6. The van der Waals surface area contributed by atoms with Gasteiger partial charge in [0.15, 0.2) is 0 Å². The SMILES string of the molecule is CCCNC(C)c1ccc(N2CCN(CC)C(C)C2)cn1. The maximum absolute atomic E-state index is 4.65. The molecule has 2 heterocycles. The van der Waals surface area contributed by atoms with Crippen LogP contribution in [0.5, 0.6) is 0 Å². The number of hydrogen-bond donors (Lipinski definition) is 1. The van der Waals surface area contributed by atoms with Crippen molar-refractivity contribution in [3.05, 3.63) is 24.0 Å². The Hall–Kier alpha value is -1.13. The summed E-state index contributed by atoms with van der Waals surface area (Å²) in [6.45, 7) is 14.5. The predicted molar refractivity (Wildman–Crippen MR) is 89.9 cm³/mol. The third-order valence-electron chi connectivity index (χ3n) is 4.45. The largest absolute Gasteiger partial charge is 0.367 e. The molecule has 21 heavy (non-hydrogen) atoms. The van der Waals surface area contributed by atoms with Gasteiger partial charge in [0.1, 0.15) is 0 Å². The summed E-state index contributed by atoms with van der Waals surface area (Å²) in [5.41, 5.74) is 2.39. The molecule has 0 aromatic carbocycles. The third kappa shape index (κ3) is 4.17. The maximum Gasteiger partial charge on any atom is 0.0572 e. The molecule has 1 N–H and O–H groups in total. The molecule has 0 aliphatic carbocycles. The van der Waals surface area contributed by atoms with Crippen LogP contribution < -0.4 is 10.2 Å². The summed E-state index contributed by atoms with van der Waals surface area (Å²) in [4.78, 5) is 9.65. The lowest BCUT2D eigenvalue weighted by molar-refractivity contribution is 0.199. The van der Waals surface area contributed by atoms with E-state index < -0.39 is 0 Å². The van der Waals surface area contributed by atoms with Crippen LogP contribution in [-0.4, -0.2) is 48.6 Å². The van der Waals surface area contributed by atoms with Crippen molar-refractivity contribution in [3.63, 3.8) is 0 Å². The van der Waals surface area contributed by atoms with E-state index in [9.17, 15) is 0 Å². The first kappa shape index (κ1) is 16.2. The number of nitrogens with zero attached hydrogens (tertiary/aromatic N) is 3. The Morgan fingerprint density at radius 1 is 1.33 bits per heavy atom. The molecule has 1 aliphatic rings. The molecule has 4 heteroatoms. The summed E-state index contributed by atoms with van der Waals surface area (Å²) in [5.74, 6) is 0. The smallest absolute Gasteiger partial charge is 0.0572 e. The number of pyridine rings is 1. The first-order valence-electron chi connectivity index (χ1n) is 8.34. The molecule has 118 valence electrons. The van der Waals surface area contributed by atoms with Crippen LogP contribution in [0.25, 0.3) is 0 Å². The molecular formula is C17H30N4. The van der Waals surface area contributed by atoms with E-state index in [1.54, 1.807) is 0 Å². The fourth-order valence-electron chi connectivity index (χ4n) is 3.01. The quantitative estimate of drug-likeness (QED) is 0.873. The minimum Gasteiger partial charge on any atom is -0.367 e. The lowest BCUT2D eigenvalue weighted by Crippen LogP contribution is -2.51. The number of nitrogens with one attached hydrogen (secondary N) is 1. The molecule has 0 bridgehead atoms. The molecule has 1 saturated heterocycles. The molecule has 1 aliphatic heterocycles. The highest BCUT2D eigenvalue weighted by molar-refractivity contribution is 5.45. The van der Waals surface area contributed by atoms with E-state index in [-0.39, 0.29) is 0 Å². The van der Waals surface area contributed by atoms with E-state index in [2.05, 4.69) is 59.9 Å². The van der Waals surface area contributed by atoms with Crippen LogP contribution >= 0.6 is 0 Å². The van der Waals surface area contributed by atoms with E-state index in [1.807, 2.05) is 6.20 Å². The third-order valence-corrected chi connectivity index (χ3v) is 4.45. The molecular weight excluding hydrogens is 260 g/mol. The zero-order valence-electron chi connectivity index (χ0n) is 14.0. The fraction of sp³-hybridized carbons (Fsp3) is 0.706. The van der Waals surface area contributed by atoms with E-state index in [0.29, 0.717) is 12.1 Å². The Kier molecular flexibility index (Phi) is 6.00. The summed E-state index contributed by atoms with van der Waals surface area (Å²) in [6.07, 6.45) is 3.19. The second-order valence-corrected chi connectivity index (χ2v) is 6.04. The average Bonchev–Trinajstić information content (AvgIpc) is 2.52. The topological polar surface area (TPSA) is 31.4 Å². The van der Waals surface area contributed by atoms with Crippen molar-refractivity contribution >= 4 is 5.69 Å². The lowest BCUT2D eigenvalue weighted by Gasteiger charge is -2.40. The number of anilines is 1. The van der Waals surface area contributed by atoms with Crippen molar-refractivity contribution in [1.29, 1.82) is 0 Å². The maximum atomic E-state index is 4.65. The number of aromatic nitrogens is 1. The standard InChI is InChI=1S/C17H30N4/c1-5-9-18-15(4)17-8-7-16(12-19-17)21-11-10-20(6-2)14(3)13-21/h7-8,12,14-15,18H,5-6,9-11,13H2,1-4H3.